The summed E-state index contributed by atoms with van der Waals surface area (Å²) in [7, 11) is -1.01. The molecule has 0 fully saturated rings. The summed E-state index contributed by atoms with van der Waals surface area (Å²) in [5.41, 5.74) is 1.00. The maximum absolute atomic E-state index is 12.8. The van der Waals surface area contributed by atoms with Crippen molar-refractivity contribution in [2.45, 2.75) is 24.8 Å². The molecule has 0 aliphatic carbocycles. The van der Waals surface area contributed by atoms with Crippen LogP contribution in [0.2, 0.25) is 0 Å². The number of hydrogen-bond donors (Lipinski definition) is 3. The number of methoxy groups -OCH3 is 2. The van der Waals surface area contributed by atoms with E-state index in [1.165, 1.54) is 38.5 Å². The van der Waals surface area contributed by atoms with Gasteiger partial charge in [-0.3, -0.25) is 9.59 Å². The summed E-state index contributed by atoms with van der Waals surface area (Å²) in [5, 5.41) is 5.34. The Hall–Kier alpha value is -2.95. The van der Waals surface area contributed by atoms with Crippen LogP contribution in [-0.2, 0) is 24.3 Å². The van der Waals surface area contributed by atoms with Gasteiger partial charge in [0.15, 0.2) is 0 Å². The Morgan fingerprint density at radius 2 is 1.45 bits per heavy atom. The Kier molecular flexibility index (Phi) is 8.55. The van der Waals surface area contributed by atoms with Gasteiger partial charge < -0.3 is 20.1 Å². The zero-order valence-electron chi connectivity index (χ0n) is 17.8. The molecule has 0 unspecified atom stereocenters. The number of nitrogens with one attached hydrogen (secondary N) is 3. The molecule has 168 valence electrons. The number of rotatable bonds is 10. The first-order valence-electron chi connectivity index (χ1n) is 9.52. The number of benzene rings is 2. The monoisotopic (exact) mass is 449 g/mol. The van der Waals surface area contributed by atoms with Gasteiger partial charge in [0.05, 0.1) is 12.0 Å². The van der Waals surface area contributed by atoms with E-state index in [4.69, 9.17) is 9.47 Å². The lowest BCUT2D eigenvalue weighted by Gasteiger charge is -2.22. The van der Waals surface area contributed by atoms with Crippen LogP contribution in [0.15, 0.2) is 53.4 Å². The van der Waals surface area contributed by atoms with Gasteiger partial charge in [0.25, 0.3) is 0 Å². The minimum Gasteiger partial charge on any atom is -0.497 e. The lowest BCUT2D eigenvalue weighted by molar-refractivity contribution is -0.120. The van der Waals surface area contributed by atoms with E-state index in [1.54, 1.807) is 38.1 Å². The summed E-state index contributed by atoms with van der Waals surface area (Å²) in [4.78, 5) is 24.3. The number of sulfonamides is 1. The highest BCUT2D eigenvalue weighted by molar-refractivity contribution is 7.89. The molecule has 0 aromatic heterocycles. The summed E-state index contributed by atoms with van der Waals surface area (Å²) in [6.45, 7) is 3.42. The summed E-state index contributed by atoms with van der Waals surface area (Å²) in [6.07, 6.45) is 0. The zero-order valence-corrected chi connectivity index (χ0v) is 18.7. The third-order valence-corrected chi connectivity index (χ3v) is 5.77. The van der Waals surface area contributed by atoms with Crippen molar-refractivity contribution in [2.75, 3.05) is 31.5 Å². The van der Waals surface area contributed by atoms with E-state index in [9.17, 15) is 18.0 Å². The fraction of sp³-hybridized carbons (Fsp3) is 0.333. The van der Waals surface area contributed by atoms with Crippen molar-refractivity contribution < 1.29 is 27.5 Å². The molecule has 3 N–H and O–H groups in total. The highest BCUT2D eigenvalue weighted by Crippen LogP contribution is 2.18. The number of amides is 2. The second kappa shape index (κ2) is 10.9. The van der Waals surface area contributed by atoms with E-state index < -0.39 is 22.0 Å². The summed E-state index contributed by atoms with van der Waals surface area (Å²) < 4.78 is 37.7. The third-order valence-electron chi connectivity index (χ3n) is 4.31. The number of anilines is 2. The molecule has 2 aromatic carbocycles. The van der Waals surface area contributed by atoms with E-state index >= 15 is 0 Å². The molecule has 1 atom stereocenters. The van der Waals surface area contributed by atoms with Gasteiger partial charge in [-0.25, -0.2) is 8.42 Å². The Morgan fingerprint density at radius 3 is 1.94 bits per heavy atom. The average Bonchev–Trinajstić information content (AvgIpc) is 2.73. The Morgan fingerprint density at radius 1 is 0.903 bits per heavy atom. The van der Waals surface area contributed by atoms with Gasteiger partial charge in [-0.1, -0.05) is 13.8 Å². The van der Waals surface area contributed by atoms with Gasteiger partial charge in [-0.2, -0.15) is 4.72 Å². The molecule has 0 saturated carbocycles. The Bertz CT molecular complexity index is 989. The van der Waals surface area contributed by atoms with Crippen LogP contribution in [0.5, 0.6) is 5.75 Å². The fourth-order valence-corrected chi connectivity index (χ4v) is 4.01. The molecule has 0 aliphatic heterocycles. The highest BCUT2D eigenvalue weighted by atomic mass is 32.2. The average molecular weight is 450 g/mol. The van der Waals surface area contributed by atoms with Crippen LogP contribution >= 0.6 is 0 Å². The van der Waals surface area contributed by atoms with Gasteiger partial charge in [-0.05, 0) is 54.4 Å². The van der Waals surface area contributed by atoms with Crippen LogP contribution in [0.4, 0.5) is 11.4 Å². The van der Waals surface area contributed by atoms with Crippen molar-refractivity contribution in [3.63, 3.8) is 0 Å². The SMILES string of the molecule is COCC(=O)Nc1ccc(NC(=O)[C@@H](NS(=O)(=O)c2ccc(OC)cc2)C(C)C)cc1. The van der Waals surface area contributed by atoms with Crippen molar-refractivity contribution in [1.82, 2.24) is 4.72 Å². The van der Waals surface area contributed by atoms with Gasteiger partial charge in [-0.15, -0.1) is 0 Å². The molecule has 0 aliphatic rings. The smallest absolute Gasteiger partial charge is 0.250 e. The fourth-order valence-electron chi connectivity index (χ4n) is 2.67. The van der Waals surface area contributed by atoms with Crippen molar-refractivity contribution in [3.8, 4) is 5.75 Å². The molecule has 2 amide bonds. The molecular weight excluding hydrogens is 422 g/mol. The molecule has 0 bridgehead atoms. The number of ether oxygens (including phenoxy) is 2. The van der Waals surface area contributed by atoms with Crippen molar-refractivity contribution in [2.24, 2.45) is 5.92 Å². The molecular formula is C21H27N3O6S. The second-order valence-electron chi connectivity index (χ2n) is 7.07. The first-order valence-corrected chi connectivity index (χ1v) is 11.0. The minimum absolute atomic E-state index is 0.0305. The van der Waals surface area contributed by atoms with Gasteiger partial charge >= 0.3 is 0 Å². The van der Waals surface area contributed by atoms with Crippen LogP contribution in [0, 0.1) is 5.92 Å². The molecule has 2 aromatic rings. The maximum atomic E-state index is 12.8. The van der Waals surface area contributed by atoms with Gasteiger partial charge in [0.2, 0.25) is 21.8 Å². The first kappa shape index (κ1) is 24.3. The van der Waals surface area contributed by atoms with E-state index in [1.807, 2.05) is 0 Å². The number of hydrogen-bond acceptors (Lipinski definition) is 6. The van der Waals surface area contributed by atoms with E-state index in [-0.39, 0.29) is 23.3 Å². The molecule has 10 heteroatoms. The van der Waals surface area contributed by atoms with Crippen molar-refractivity contribution >= 4 is 33.2 Å². The standard InChI is InChI=1S/C21H27N3O6S/c1-14(2)20(24-31(27,28)18-11-9-17(30-4)10-12-18)21(26)23-16-7-5-15(6-8-16)22-19(25)13-29-3/h5-12,14,20,24H,13H2,1-4H3,(H,22,25)(H,23,26)/t20-/m0/s1. The lowest BCUT2D eigenvalue weighted by atomic mass is 10.0. The summed E-state index contributed by atoms with van der Waals surface area (Å²) >= 11 is 0. The van der Waals surface area contributed by atoms with Crippen LogP contribution < -0.4 is 20.1 Å². The Balaban J connectivity index is 2.08. The second-order valence-corrected chi connectivity index (χ2v) is 8.78. The molecule has 0 saturated heterocycles. The minimum atomic E-state index is -3.92. The van der Waals surface area contributed by atoms with Crippen molar-refractivity contribution in [3.05, 3.63) is 48.5 Å². The maximum Gasteiger partial charge on any atom is 0.250 e. The van der Waals surface area contributed by atoms with Crippen LogP contribution in [0.25, 0.3) is 0 Å². The summed E-state index contributed by atoms with van der Waals surface area (Å²) in [5.74, 6) is -0.574. The van der Waals surface area contributed by atoms with Gasteiger partial charge in [0.1, 0.15) is 18.4 Å². The molecule has 2 rings (SSSR count). The normalized spacial score (nSPS) is 12.3. The summed E-state index contributed by atoms with van der Waals surface area (Å²) in [6, 6.07) is 11.3. The predicted molar refractivity (Wildman–Crippen MR) is 118 cm³/mol. The lowest BCUT2D eigenvalue weighted by Crippen LogP contribution is -2.47. The van der Waals surface area contributed by atoms with E-state index in [0.29, 0.717) is 17.1 Å². The predicted octanol–water partition coefficient (Wildman–Crippen LogP) is 2.22. The van der Waals surface area contributed by atoms with Crippen LogP contribution in [0.1, 0.15) is 13.8 Å². The molecule has 0 heterocycles. The first-order chi connectivity index (χ1) is 14.7. The van der Waals surface area contributed by atoms with Crippen molar-refractivity contribution in [1.29, 1.82) is 0 Å². The largest absolute Gasteiger partial charge is 0.497 e. The van der Waals surface area contributed by atoms with E-state index in [0.717, 1.165) is 0 Å². The van der Waals surface area contributed by atoms with Crippen LogP contribution in [-0.4, -0.2) is 47.1 Å². The highest BCUT2D eigenvalue weighted by Gasteiger charge is 2.28. The molecule has 0 radical (unpaired) electrons. The number of carbonyl (C=O) groups excluding carboxylic acids is 2. The van der Waals surface area contributed by atoms with Crippen LogP contribution in [0.3, 0.4) is 0 Å². The quantitative estimate of drug-likeness (QED) is 0.511. The Labute approximate surface area is 182 Å². The topological polar surface area (TPSA) is 123 Å². The zero-order chi connectivity index (χ0) is 23.0. The molecule has 0 spiro atoms. The number of carbonyl (C=O) groups is 2. The van der Waals surface area contributed by atoms with Gasteiger partial charge in [0, 0.05) is 18.5 Å². The third kappa shape index (κ3) is 7.06. The van der Waals surface area contributed by atoms with E-state index in [2.05, 4.69) is 15.4 Å². The molecule has 9 nitrogen and oxygen atoms in total. The molecule has 31 heavy (non-hydrogen) atoms.